The summed E-state index contributed by atoms with van der Waals surface area (Å²) in [5.41, 5.74) is 1.59. The van der Waals surface area contributed by atoms with Crippen LogP contribution in [0.25, 0.3) is 21.9 Å². The van der Waals surface area contributed by atoms with Crippen molar-refractivity contribution in [1.82, 2.24) is 9.97 Å². The fourth-order valence-electron chi connectivity index (χ4n) is 3.80. The molecule has 3 aromatic rings. The van der Waals surface area contributed by atoms with Crippen LogP contribution in [0, 0.1) is 12.7 Å². The highest BCUT2D eigenvalue weighted by Crippen LogP contribution is 2.40. The fraction of sp³-hybridized carbons (Fsp3) is 0.273. The van der Waals surface area contributed by atoms with Gasteiger partial charge in [-0.05, 0) is 30.0 Å². The van der Waals surface area contributed by atoms with Crippen molar-refractivity contribution in [2.45, 2.75) is 19.4 Å². The first-order chi connectivity index (χ1) is 15.9. The first-order valence-electron chi connectivity index (χ1n) is 10.2. The van der Waals surface area contributed by atoms with Gasteiger partial charge in [-0.15, -0.1) is 0 Å². The van der Waals surface area contributed by atoms with Crippen molar-refractivity contribution in [2.24, 2.45) is 0 Å². The molecule has 0 spiro atoms. The number of carbonyl (C=O) groups excluding carboxylic acids is 2. The van der Waals surface area contributed by atoms with Gasteiger partial charge in [0.2, 0.25) is 5.88 Å². The zero-order valence-electron chi connectivity index (χ0n) is 17.4. The third-order valence-corrected chi connectivity index (χ3v) is 5.86. The predicted octanol–water partition coefficient (Wildman–Crippen LogP) is 4.07. The van der Waals surface area contributed by atoms with Gasteiger partial charge in [0.15, 0.2) is 6.61 Å². The summed E-state index contributed by atoms with van der Waals surface area (Å²) < 4.78 is 31.0. The van der Waals surface area contributed by atoms with E-state index in [9.17, 15) is 9.59 Å². The lowest BCUT2D eigenvalue weighted by atomic mass is 9.98. The van der Waals surface area contributed by atoms with Crippen molar-refractivity contribution >= 4 is 45.9 Å². The zero-order valence-corrected chi connectivity index (χ0v) is 18.2. The molecule has 1 atom stereocenters. The van der Waals surface area contributed by atoms with Crippen LogP contribution >= 0.6 is 11.6 Å². The molecule has 1 aromatic carbocycles. The molecule has 2 aliphatic rings. The second-order valence-electron chi connectivity index (χ2n) is 7.67. The van der Waals surface area contributed by atoms with E-state index >= 15 is 4.39 Å². The molecule has 5 rings (SSSR count). The predicted molar refractivity (Wildman–Crippen MR) is 118 cm³/mol. The summed E-state index contributed by atoms with van der Waals surface area (Å²) in [7, 11) is 0. The van der Waals surface area contributed by atoms with Crippen LogP contribution in [0.1, 0.15) is 12.0 Å². The average Bonchev–Trinajstić information content (AvgIpc) is 3.30. The van der Waals surface area contributed by atoms with Gasteiger partial charge in [-0.3, -0.25) is 10.1 Å². The van der Waals surface area contributed by atoms with Crippen molar-refractivity contribution < 1.29 is 28.2 Å². The Balaban J connectivity index is 1.51. The SMILES string of the molecule is Cc1c(-c2cc3cc(NC(=O)OC4CCOC4)ncc3c(Cl)c2F)cnc2c1NC(=O)CO2. The van der Waals surface area contributed by atoms with E-state index < -0.39 is 11.9 Å². The molecule has 1 fully saturated rings. The highest BCUT2D eigenvalue weighted by Gasteiger charge is 2.24. The molecule has 0 aliphatic carbocycles. The second-order valence-corrected chi connectivity index (χ2v) is 8.05. The molecule has 0 bridgehead atoms. The topological polar surface area (TPSA) is 112 Å². The number of ether oxygens (including phenoxy) is 3. The maximum absolute atomic E-state index is 15.2. The number of aromatic nitrogens is 2. The minimum absolute atomic E-state index is 0.121. The number of hydrogen-bond donors (Lipinski definition) is 2. The van der Waals surface area contributed by atoms with Gasteiger partial charge in [0, 0.05) is 35.3 Å². The van der Waals surface area contributed by atoms with Crippen LogP contribution in [0.2, 0.25) is 5.02 Å². The Hall–Kier alpha value is -3.50. The van der Waals surface area contributed by atoms with Crippen LogP contribution < -0.4 is 15.4 Å². The number of nitrogens with zero attached hydrogens (tertiary/aromatic N) is 2. The lowest BCUT2D eigenvalue weighted by molar-refractivity contribution is -0.118. The molecule has 170 valence electrons. The number of amides is 2. The maximum Gasteiger partial charge on any atom is 0.413 e. The fourth-order valence-corrected chi connectivity index (χ4v) is 4.06. The lowest BCUT2D eigenvalue weighted by Gasteiger charge is -2.21. The van der Waals surface area contributed by atoms with Crippen LogP contribution in [0.5, 0.6) is 5.88 Å². The molecule has 1 saturated heterocycles. The van der Waals surface area contributed by atoms with E-state index in [4.69, 9.17) is 25.8 Å². The summed E-state index contributed by atoms with van der Waals surface area (Å²) in [5, 5.41) is 6.08. The smallest absolute Gasteiger partial charge is 0.413 e. The third kappa shape index (κ3) is 4.03. The van der Waals surface area contributed by atoms with Gasteiger partial charge in [-0.2, -0.15) is 0 Å². The molecule has 2 aliphatic heterocycles. The summed E-state index contributed by atoms with van der Waals surface area (Å²) in [6.07, 6.45) is 2.52. The molecule has 33 heavy (non-hydrogen) atoms. The molecule has 1 unspecified atom stereocenters. The van der Waals surface area contributed by atoms with Crippen molar-refractivity contribution in [1.29, 1.82) is 0 Å². The van der Waals surface area contributed by atoms with Gasteiger partial charge < -0.3 is 19.5 Å². The number of pyridine rings is 2. The largest absolute Gasteiger partial charge is 0.466 e. The summed E-state index contributed by atoms with van der Waals surface area (Å²) in [6.45, 7) is 2.50. The van der Waals surface area contributed by atoms with Crippen molar-refractivity contribution in [3.63, 3.8) is 0 Å². The van der Waals surface area contributed by atoms with E-state index in [0.717, 1.165) is 0 Å². The standard InChI is InChI=1S/C22H18ClFN4O5/c1-10-14(6-26-21-20(10)28-17(29)9-32-21)13-4-11-5-16(25-7-15(11)18(23)19(13)24)27-22(30)33-12-2-3-31-8-12/h4-7,12H,2-3,8-9H2,1H3,(H,28,29)(H,25,27,30). The minimum Gasteiger partial charge on any atom is -0.466 e. The normalized spacial score (nSPS) is 17.3. The number of benzene rings is 1. The number of nitrogens with one attached hydrogen (secondary N) is 2. The molecule has 2 amide bonds. The van der Waals surface area contributed by atoms with E-state index in [1.165, 1.54) is 12.4 Å². The van der Waals surface area contributed by atoms with Gasteiger partial charge in [0.1, 0.15) is 23.4 Å². The molecule has 11 heteroatoms. The minimum atomic E-state index is -0.656. The molecule has 0 saturated carbocycles. The lowest BCUT2D eigenvalue weighted by Crippen LogP contribution is -2.26. The van der Waals surface area contributed by atoms with E-state index in [-0.39, 0.29) is 40.9 Å². The van der Waals surface area contributed by atoms with E-state index in [0.29, 0.717) is 47.2 Å². The number of anilines is 2. The molecular weight excluding hydrogens is 455 g/mol. The number of fused-ring (bicyclic) bond motifs is 2. The molecule has 4 heterocycles. The van der Waals surface area contributed by atoms with E-state index in [1.807, 2.05) is 0 Å². The summed E-state index contributed by atoms with van der Waals surface area (Å²) in [5.74, 6) is -0.481. The van der Waals surface area contributed by atoms with Gasteiger partial charge in [0.25, 0.3) is 5.91 Å². The molecule has 2 aromatic heterocycles. The van der Waals surface area contributed by atoms with Crippen LogP contribution in [0.4, 0.5) is 20.7 Å². The number of hydrogen-bond acceptors (Lipinski definition) is 7. The Morgan fingerprint density at radius 1 is 1.30 bits per heavy atom. The van der Waals surface area contributed by atoms with E-state index in [2.05, 4.69) is 20.6 Å². The molecular formula is C22H18ClFN4O5. The highest BCUT2D eigenvalue weighted by molar-refractivity contribution is 6.36. The summed E-state index contributed by atoms with van der Waals surface area (Å²) >= 11 is 6.32. The molecule has 2 N–H and O–H groups in total. The van der Waals surface area contributed by atoms with Crippen LogP contribution in [0.3, 0.4) is 0 Å². The van der Waals surface area contributed by atoms with Crippen LogP contribution in [-0.2, 0) is 14.3 Å². The van der Waals surface area contributed by atoms with Crippen LogP contribution in [-0.4, -0.2) is 47.9 Å². The van der Waals surface area contributed by atoms with Crippen molar-refractivity contribution in [2.75, 3.05) is 30.5 Å². The third-order valence-electron chi connectivity index (χ3n) is 5.49. The van der Waals surface area contributed by atoms with Gasteiger partial charge in [0.05, 0.1) is 18.2 Å². The zero-order chi connectivity index (χ0) is 23.1. The Bertz CT molecular complexity index is 1300. The maximum atomic E-state index is 15.2. The first kappa shape index (κ1) is 21.4. The summed E-state index contributed by atoms with van der Waals surface area (Å²) in [6, 6.07) is 3.16. The Kier molecular flexibility index (Phi) is 5.47. The van der Waals surface area contributed by atoms with Gasteiger partial charge in [-0.25, -0.2) is 19.2 Å². The van der Waals surface area contributed by atoms with Gasteiger partial charge >= 0.3 is 6.09 Å². The van der Waals surface area contributed by atoms with Crippen molar-refractivity contribution in [3.05, 3.63) is 40.9 Å². The number of rotatable bonds is 3. The van der Waals surface area contributed by atoms with Crippen molar-refractivity contribution in [3.8, 4) is 17.0 Å². The Morgan fingerprint density at radius 3 is 2.94 bits per heavy atom. The Morgan fingerprint density at radius 2 is 2.15 bits per heavy atom. The Labute approximate surface area is 192 Å². The molecule has 9 nitrogen and oxygen atoms in total. The molecule has 0 radical (unpaired) electrons. The second kappa shape index (κ2) is 8.45. The van der Waals surface area contributed by atoms with Gasteiger partial charge in [-0.1, -0.05) is 11.6 Å². The first-order valence-corrected chi connectivity index (χ1v) is 10.5. The average molecular weight is 473 g/mol. The van der Waals surface area contributed by atoms with Crippen LogP contribution in [0.15, 0.2) is 24.5 Å². The monoisotopic (exact) mass is 472 g/mol. The highest BCUT2D eigenvalue weighted by atomic mass is 35.5. The van der Waals surface area contributed by atoms with E-state index in [1.54, 1.807) is 19.1 Å². The quantitative estimate of drug-likeness (QED) is 0.591. The number of carbonyl (C=O) groups is 2. The number of halogens is 2. The summed E-state index contributed by atoms with van der Waals surface area (Å²) in [4.78, 5) is 32.2.